The number of rotatable bonds is 4. The fourth-order valence-electron chi connectivity index (χ4n) is 4.55. The van der Waals surface area contributed by atoms with Crippen LogP contribution in [-0.2, 0) is 6.54 Å². The van der Waals surface area contributed by atoms with Crippen molar-refractivity contribution < 1.29 is 4.74 Å². The zero-order chi connectivity index (χ0) is 19.6. The summed E-state index contributed by atoms with van der Waals surface area (Å²) >= 11 is 0. The summed E-state index contributed by atoms with van der Waals surface area (Å²) in [7, 11) is 0. The first-order chi connectivity index (χ1) is 14.3. The molecule has 0 amide bonds. The van der Waals surface area contributed by atoms with E-state index in [1.165, 1.54) is 27.5 Å². The molecule has 0 fully saturated rings. The lowest BCUT2D eigenvalue weighted by Gasteiger charge is -2.39. The molecule has 0 saturated carbocycles. The van der Waals surface area contributed by atoms with Gasteiger partial charge in [0, 0.05) is 23.9 Å². The largest absolute Gasteiger partial charge is 0.475 e. The van der Waals surface area contributed by atoms with Crippen LogP contribution in [0, 0.1) is 5.92 Å². The molecule has 4 aromatic carbocycles. The predicted octanol–water partition coefficient (Wildman–Crippen LogP) is 6.12. The molecule has 29 heavy (non-hydrogen) atoms. The van der Waals surface area contributed by atoms with Gasteiger partial charge in [-0.05, 0) is 28.0 Å². The van der Waals surface area contributed by atoms with Gasteiger partial charge in [-0.15, -0.1) is 0 Å². The van der Waals surface area contributed by atoms with Gasteiger partial charge in [0.05, 0.1) is 0 Å². The van der Waals surface area contributed by atoms with Crippen LogP contribution in [0.4, 0.5) is 0 Å². The number of ether oxygens (including phenoxy) is 1. The fraction of sp³-hybridized carbons (Fsp3) is 0.185. The third-order valence-corrected chi connectivity index (χ3v) is 6.01. The lowest BCUT2D eigenvalue weighted by molar-refractivity contribution is 0.0786. The third kappa shape index (κ3) is 3.41. The summed E-state index contributed by atoms with van der Waals surface area (Å²) in [5, 5.41) is 6.20. The summed E-state index contributed by atoms with van der Waals surface area (Å²) in [6.07, 6.45) is -0.0472. The minimum absolute atomic E-state index is 0.0472. The maximum atomic E-state index is 6.51. The Kier molecular flexibility index (Phi) is 4.79. The smallest absolute Gasteiger partial charge is 0.153 e. The quantitative estimate of drug-likeness (QED) is 0.461. The minimum Gasteiger partial charge on any atom is -0.475 e. The summed E-state index contributed by atoms with van der Waals surface area (Å²) < 4.78 is 6.51. The van der Waals surface area contributed by atoms with Gasteiger partial charge in [0.1, 0.15) is 5.75 Å². The van der Waals surface area contributed by atoms with E-state index in [1.807, 2.05) is 0 Å². The number of benzene rings is 4. The molecule has 144 valence electrons. The van der Waals surface area contributed by atoms with Crippen molar-refractivity contribution in [1.29, 1.82) is 0 Å². The molecule has 0 aliphatic carbocycles. The molecule has 3 atom stereocenters. The van der Waals surface area contributed by atoms with Crippen LogP contribution >= 0.6 is 0 Å². The molecule has 2 nitrogen and oxygen atoms in total. The first kappa shape index (κ1) is 18.0. The van der Waals surface area contributed by atoms with Gasteiger partial charge in [-0.25, -0.2) is 0 Å². The SMILES string of the molecule is C[C@H]1[C@H](c2ccccc2)c2c(ccc3ccccc23)O[C@H]1NCc1ccccc1. The molecule has 5 rings (SSSR count). The Hall–Kier alpha value is -3.10. The first-order valence-electron chi connectivity index (χ1n) is 10.3. The zero-order valence-electron chi connectivity index (χ0n) is 16.6. The highest BCUT2D eigenvalue weighted by atomic mass is 16.5. The molecule has 1 heterocycles. The van der Waals surface area contributed by atoms with Gasteiger partial charge in [-0.3, -0.25) is 5.32 Å². The van der Waals surface area contributed by atoms with E-state index in [4.69, 9.17) is 4.74 Å². The Balaban J connectivity index is 1.57. The minimum atomic E-state index is -0.0472. The number of nitrogens with one attached hydrogen (secondary N) is 1. The average molecular weight is 380 g/mol. The Morgan fingerprint density at radius 2 is 1.45 bits per heavy atom. The van der Waals surface area contributed by atoms with E-state index >= 15 is 0 Å². The molecule has 1 N–H and O–H groups in total. The molecule has 0 spiro atoms. The topological polar surface area (TPSA) is 21.3 Å². The van der Waals surface area contributed by atoms with Gasteiger partial charge in [-0.1, -0.05) is 97.9 Å². The van der Waals surface area contributed by atoms with Crippen molar-refractivity contribution in [2.75, 3.05) is 0 Å². The summed E-state index contributed by atoms with van der Waals surface area (Å²) in [6.45, 7) is 3.09. The maximum absolute atomic E-state index is 6.51. The highest BCUT2D eigenvalue weighted by molar-refractivity contribution is 5.89. The summed E-state index contributed by atoms with van der Waals surface area (Å²) in [4.78, 5) is 0. The number of hydrogen-bond acceptors (Lipinski definition) is 2. The van der Waals surface area contributed by atoms with Crippen molar-refractivity contribution in [3.63, 3.8) is 0 Å². The molecular weight excluding hydrogens is 354 g/mol. The lowest BCUT2D eigenvalue weighted by atomic mass is 9.76. The lowest BCUT2D eigenvalue weighted by Crippen LogP contribution is -2.45. The van der Waals surface area contributed by atoms with Crippen LogP contribution in [0.15, 0.2) is 97.1 Å². The van der Waals surface area contributed by atoms with Crippen LogP contribution in [0.2, 0.25) is 0 Å². The molecular formula is C27H25NO. The molecule has 4 aromatic rings. The zero-order valence-corrected chi connectivity index (χ0v) is 16.6. The predicted molar refractivity (Wildman–Crippen MR) is 119 cm³/mol. The monoisotopic (exact) mass is 379 g/mol. The van der Waals surface area contributed by atoms with Crippen molar-refractivity contribution in [2.45, 2.75) is 25.6 Å². The van der Waals surface area contributed by atoms with Crippen molar-refractivity contribution in [3.05, 3.63) is 114 Å². The Morgan fingerprint density at radius 1 is 0.759 bits per heavy atom. The second kappa shape index (κ2) is 7.73. The Labute approximate surface area is 172 Å². The van der Waals surface area contributed by atoms with Crippen LogP contribution < -0.4 is 10.1 Å². The third-order valence-electron chi connectivity index (χ3n) is 6.01. The average Bonchev–Trinajstić information content (AvgIpc) is 2.79. The molecule has 0 radical (unpaired) electrons. The second-order valence-electron chi connectivity index (χ2n) is 7.85. The summed E-state index contributed by atoms with van der Waals surface area (Å²) in [6, 6.07) is 34.3. The van der Waals surface area contributed by atoms with Crippen molar-refractivity contribution in [1.82, 2.24) is 5.32 Å². The van der Waals surface area contributed by atoms with E-state index < -0.39 is 0 Å². The van der Waals surface area contributed by atoms with Gasteiger partial charge in [0.2, 0.25) is 0 Å². The molecule has 0 bridgehead atoms. The van der Waals surface area contributed by atoms with Crippen molar-refractivity contribution >= 4 is 10.8 Å². The van der Waals surface area contributed by atoms with Crippen molar-refractivity contribution in [2.24, 2.45) is 5.92 Å². The van der Waals surface area contributed by atoms with Crippen LogP contribution in [0.25, 0.3) is 10.8 Å². The van der Waals surface area contributed by atoms with Crippen LogP contribution in [0.1, 0.15) is 29.5 Å². The van der Waals surface area contributed by atoms with Gasteiger partial charge in [-0.2, -0.15) is 0 Å². The Morgan fingerprint density at radius 3 is 2.24 bits per heavy atom. The molecule has 0 unspecified atom stereocenters. The molecule has 0 saturated heterocycles. The van der Waals surface area contributed by atoms with Crippen molar-refractivity contribution in [3.8, 4) is 5.75 Å². The highest BCUT2D eigenvalue weighted by Crippen LogP contribution is 2.46. The van der Waals surface area contributed by atoms with E-state index in [0.29, 0.717) is 5.92 Å². The van der Waals surface area contributed by atoms with E-state index in [-0.39, 0.29) is 12.1 Å². The van der Waals surface area contributed by atoms with Crippen LogP contribution in [-0.4, -0.2) is 6.23 Å². The number of hydrogen-bond donors (Lipinski definition) is 1. The maximum Gasteiger partial charge on any atom is 0.153 e. The van der Waals surface area contributed by atoms with Gasteiger partial charge in [0.15, 0.2) is 6.23 Å². The van der Waals surface area contributed by atoms with E-state index in [1.54, 1.807) is 0 Å². The van der Waals surface area contributed by atoms with E-state index in [9.17, 15) is 0 Å². The fourth-order valence-corrected chi connectivity index (χ4v) is 4.55. The molecule has 0 aromatic heterocycles. The molecule has 1 aliphatic heterocycles. The summed E-state index contributed by atoms with van der Waals surface area (Å²) in [5.41, 5.74) is 3.91. The molecule has 2 heteroatoms. The van der Waals surface area contributed by atoms with Gasteiger partial charge >= 0.3 is 0 Å². The molecule has 1 aliphatic rings. The van der Waals surface area contributed by atoms with Gasteiger partial charge in [0.25, 0.3) is 0 Å². The van der Waals surface area contributed by atoms with Crippen LogP contribution in [0.5, 0.6) is 5.75 Å². The van der Waals surface area contributed by atoms with Crippen LogP contribution in [0.3, 0.4) is 0 Å². The van der Waals surface area contributed by atoms with Gasteiger partial charge < -0.3 is 4.74 Å². The van der Waals surface area contributed by atoms with E-state index in [2.05, 4.69) is 109 Å². The van der Waals surface area contributed by atoms with E-state index in [0.717, 1.165) is 12.3 Å². The second-order valence-corrected chi connectivity index (χ2v) is 7.85. The summed E-state index contributed by atoms with van der Waals surface area (Å²) in [5.74, 6) is 1.56. The highest BCUT2D eigenvalue weighted by Gasteiger charge is 2.37. The standard InChI is InChI=1S/C27H25NO/c1-19-25(22-13-6-3-7-14-22)26-23-15-9-8-12-21(23)16-17-24(26)29-27(19)28-18-20-10-4-2-5-11-20/h2-17,19,25,27-28H,18H2,1H3/t19-,25+,27+/m0/s1. The first-order valence-corrected chi connectivity index (χ1v) is 10.3. The number of fused-ring (bicyclic) bond motifs is 3. The normalized spacial score (nSPS) is 20.8. The Bertz CT molecular complexity index is 1110.